The van der Waals surface area contributed by atoms with E-state index in [2.05, 4.69) is 12.0 Å². The first-order chi connectivity index (χ1) is 6.67. The zero-order valence-corrected chi connectivity index (χ0v) is 8.26. The van der Waals surface area contributed by atoms with Crippen LogP contribution < -0.4 is 11.3 Å². The lowest BCUT2D eigenvalue weighted by Gasteiger charge is -2.14. The summed E-state index contributed by atoms with van der Waals surface area (Å²) in [5.41, 5.74) is 4.38. The van der Waals surface area contributed by atoms with Crippen molar-refractivity contribution in [3.8, 4) is 0 Å². The Balaban J connectivity index is 2.96. The molecule has 1 aromatic rings. The van der Waals surface area contributed by atoms with Crippen LogP contribution in [0.1, 0.15) is 23.6 Å². The Bertz CT molecular complexity index is 303. The molecule has 1 aromatic carbocycles. The quantitative estimate of drug-likeness (QED) is 0.438. The highest BCUT2D eigenvalue weighted by Gasteiger charge is 2.08. The lowest BCUT2D eigenvalue weighted by Crippen LogP contribution is -2.27. The molecule has 0 radical (unpaired) electrons. The molecule has 1 rings (SSSR count). The van der Waals surface area contributed by atoms with Crippen LogP contribution >= 0.6 is 0 Å². The van der Waals surface area contributed by atoms with E-state index in [0.29, 0.717) is 6.42 Å². The second-order valence-electron chi connectivity index (χ2n) is 3.31. The molecular weight excluding hydrogens is 179 g/mol. The van der Waals surface area contributed by atoms with Crippen molar-refractivity contribution in [2.45, 2.75) is 19.4 Å². The molecule has 0 spiro atoms. The molecule has 14 heavy (non-hydrogen) atoms. The van der Waals surface area contributed by atoms with Crippen LogP contribution in [-0.4, -0.2) is 0 Å². The largest absolute Gasteiger partial charge is 0.271 e. The summed E-state index contributed by atoms with van der Waals surface area (Å²) in [6.45, 7) is 5.48. The fourth-order valence-electron chi connectivity index (χ4n) is 1.43. The molecule has 2 nitrogen and oxygen atoms in total. The summed E-state index contributed by atoms with van der Waals surface area (Å²) >= 11 is 0. The van der Waals surface area contributed by atoms with E-state index in [1.54, 1.807) is 6.08 Å². The molecule has 0 aliphatic rings. The van der Waals surface area contributed by atoms with Crippen molar-refractivity contribution in [3.05, 3.63) is 47.8 Å². The van der Waals surface area contributed by atoms with E-state index in [1.165, 1.54) is 12.1 Å². The first kappa shape index (κ1) is 10.9. The summed E-state index contributed by atoms with van der Waals surface area (Å²) in [4.78, 5) is 0. The molecule has 0 aliphatic heterocycles. The molecular formula is C11H15FN2. The summed E-state index contributed by atoms with van der Waals surface area (Å²) in [6.07, 6.45) is 2.43. The first-order valence-corrected chi connectivity index (χ1v) is 4.51. The minimum atomic E-state index is -0.232. The van der Waals surface area contributed by atoms with Crippen LogP contribution in [0.5, 0.6) is 0 Å². The Morgan fingerprint density at radius 2 is 2.29 bits per heavy atom. The maximum atomic E-state index is 13.1. The lowest BCUT2D eigenvalue weighted by atomic mass is 10.0. The third-order valence-corrected chi connectivity index (χ3v) is 2.07. The van der Waals surface area contributed by atoms with E-state index in [0.717, 1.165) is 11.1 Å². The smallest absolute Gasteiger partial charge is 0.123 e. The standard InChI is InChI=1S/C11H15FN2/c1-3-4-11(14-13)9-5-8(2)6-10(12)7-9/h3,5-7,11,14H,1,4,13H2,2H3. The van der Waals surface area contributed by atoms with E-state index < -0.39 is 0 Å². The van der Waals surface area contributed by atoms with Crippen molar-refractivity contribution in [1.82, 2.24) is 5.43 Å². The summed E-state index contributed by atoms with van der Waals surface area (Å²) in [5, 5.41) is 0. The Hall–Kier alpha value is -1.19. The molecule has 0 aliphatic carbocycles. The molecule has 3 N–H and O–H groups in total. The molecule has 0 saturated heterocycles. The van der Waals surface area contributed by atoms with E-state index >= 15 is 0 Å². The minimum absolute atomic E-state index is 0.0677. The van der Waals surface area contributed by atoms with Gasteiger partial charge in [-0.2, -0.15) is 0 Å². The van der Waals surface area contributed by atoms with Gasteiger partial charge in [0.1, 0.15) is 5.82 Å². The van der Waals surface area contributed by atoms with Gasteiger partial charge in [-0.25, -0.2) is 4.39 Å². The molecule has 1 unspecified atom stereocenters. The van der Waals surface area contributed by atoms with Crippen LogP contribution in [0.15, 0.2) is 30.9 Å². The van der Waals surface area contributed by atoms with Gasteiger partial charge in [0, 0.05) is 6.04 Å². The van der Waals surface area contributed by atoms with Gasteiger partial charge in [-0.05, 0) is 36.6 Å². The van der Waals surface area contributed by atoms with Gasteiger partial charge in [-0.3, -0.25) is 11.3 Å². The van der Waals surface area contributed by atoms with Crippen LogP contribution in [0.3, 0.4) is 0 Å². The predicted molar refractivity (Wildman–Crippen MR) is 56.0 cm³/mol. The number of hydrazine groups is 1. The molecule has 3 heteroatoms. The van der Waals surface area contributed by atoms with Crippen molar-refractivity contribution in [2.75, 3.05) is 0 Å². The number of nitrogens with one attached hydrogen (secondary N) is 1. The van der Waals surface area contributed by atoms with Gasteiger partial charge >= 0.3 is 0 Å². The maximum absolute atomic E-state index is 13.1. The molecule has 0 saturated carbocycles. The highest BCUT2D eigenvalue weighted by molar-refractivity contribution is 5.26. The lowest BCUT2D eigenvalue weighted by molar-refractivity contribution is 0.552. The zero-order chi connectivity index (χ0) is 10.6. The van der Waals surface area contributed by atoms with E-state index in [4.69, 9.17) is 5.84 Å². The second kappa shape index (κ2) is 4.88. The Labute approximate surface area is 83.6 Å². The van der Waals surface area contributed by atoms with Crippen molar-refractivity contribution < 1.29 is 4.39 Å². The van der Waals surface area contributed by atoms with Gasteiger partial charge in [0.2, 0.25) is 0 Å². The average Bonchev–Trinajstić information content (AvgIpc) is 2.12. The van der Waals surface area contributed by atoms with Gasteiger partial charge in [0.15, 0.2) is 0 Å². The van der Waals surface area contributed by atoms with Crippen LogP contribution in [-0.2, 0) is 0 Å². The summed E-state index contributed by atoms with van der Waals surface area (Å²) in [5.74, 6) is 5.14. The maximum Gasteiger partial charge on any atom is 0.123 e. The molecule has 76 valence electrons. The Morgan fingerprint density at radius 3 is 2.79 bits per heavy atom. The average molecular weight is 194 g/mol. The number of rotatable bonds is 4. The molecule has 0 fully saturated rings. The number of hydrogen-bond donors (Lipinski definition) is 2. The molecule has 1 atom stereocenters. The predicted octanol–water partition coefficient (Wildman–Crippen LogP) is 2.21. The van der Waals surface area contributed by atoms with Gasteiger partial charge < -0.3 is 0 Å². The second-order valence-corrected chi connectivity index (χ2v) is 3.31. The highest BCUT2D eigenvalue weighted by atomic mass is 19.1. The van der Waals surface area contributed by atoms with Crippen molar-refractivity contribution in [1.29, 1.82) is 0 Å². The highest BCUT2D eigenvalue weighted by Crippen LogP contribution is 2.18. The van der Waals surface area contributed by atoms with Crippen molar-refractivity contribution >= 4 is 0 Å². The van der Waals surface area contributed by atoms with Gasteiger partial charge in [0.25, 0.3) is 0 Å². The third-order valence-electron chi connectivity index (χ3n) is 2.07. The number of hydrogen-bond acceptors (Lipinski definition) is 2. The SMILES string of the molecule is C=CCC(NN)c1cc(C)cc(F)c1. The van der Waals surface area contributed by atoms with Crippen LogP contribution in [0, 0.1) is 12.7 Å². The Kier molecular flexibility index (Phi) is 3.80. The van der Waals surface area contributed by atoms with Gasteiger partial charge in [-0.15, -0.1) is 6.58 Å². The Morgan fingerprint density at radius 1 is 1.57 bits per heavy atom. The van der Waals surface area contributed by atoms with Gasteiger partial charge in [-0.1, -0.05) is 12.1 Å². The molecule has 0 heterocycles. The normalized spacial score (nSPS) is 12.5. The summed E-state index contributed by atoms with van der Waals surface area (Å²) in [7, 11) is 0. The van der Waals surface area contributed by atoms with Crippen molar-refractivity contribution in [2.24, 2.45) is 5.84 Å². The van der Waals surface area contributed by atoms with Gasteiger partial charge in [0.05, 0.1) is 0 Å². The first-order valence-electron chi connectivity index (χ1n) is 4.51. The monoisotopic (exact) mass is 194 g/mol. The topological polar surface area (TPSA) is 38.0 Å². The van der Waals surface area contributed by atoms with E-state index in [9.17, 15) is 4.39 Å². The minimum Gasteiger partial charge on any atom is -0.271 e. The number of nitrogens with two attached hydrogens (primary N) is 1. The molecule has 0 amide bonds. The van der Waals surface area contributed by atoms with Crippen LogP contribution in [0.4, 0.5) is 4.39 Å². The fourth-order valence-corrected chi connectivity index (χ4v) is 1.43. The molecule has 0 bridgehead atoms. The van der Waals surface area contributed by atoms with E-state index in [1.807, 2.05) is 13.0 Å². The van der Waals surface area contributed by atoms with Crippen LogP contribution in [0.25, 0.3) is 0 Å². The van der Waals surface area contributed by atoms with Crippen molar-refractivity contribution in [3.63, 3.8) is 0 Å². The zero-order valence-electron chi connectivity index (χ0n) is 8.26. The van der Waals surface area contributed by atoms with Crippen LogP contribution in [0.2, 0.25) is 0 Å². The summed E-state index contributed by atoms with van der Waals surface area (Å²) < 4.78 is 13.1. The number of benzene rings is 1. The number of halogens is 1. The third kappa shape index (κ3) is 2.65. The fraction of sp³-hybridized carbons (Fsp3) is 0.273. The van der Waals surface area contributed by atoms with E-state index in [-0.39, 0.29) is 11.9 Å². The molecule has 0 aromatic heterocycles. The number of aryl methyl sites for hydroxylation is 1. The summed E-state index contributed by atoms with van der Waals surface area (Å²) in [6, 6.07) is 4.82.